The number of hydrogen-bond acceptors (Lipinski definition) is 4. The Morgan fingerprint density at radius 3 is 2.33 bits per heavy atom. The highest BCUT2D eigenvalue weighted by atomic mass is 32.2. The molecule has 0 unspecified atom stereocenters. The molecule has 1 aromatic carbocycles. The van der Waals surface area contributed by atoms with E-state index in [0.717, 1.165) is 23.5 Å². The van der Waals surface area contributed by atoms with Crippen LogP contribution in [0.15, 0.2) is 46.0 Å². The molecule has 1 aromatic heterocycles. The van der Waals surface area contributed by atoms with Crippen LogP contribution in [0.4, 0.5) is 13.2 Å². The zero-order chi connectivity index (χ0) is 15.7. The lowest BCUT2D eigenvalue weighted by Crippen LogP contribution is -2.24. The zero-order valence-corrected chi connectivity index (χ0v) is 12.3. The molecule has 21 heavy (non-hydrogen) atoms. The van der Waals surface area contributed by atoms with Gasteiger partial charge in [-0.3, -0.25) is 0 Å². The number of hydrogen-bond donors (Lipinski definition) is 1. The van der Waals surface area contributed by atoms with Crippen LogP contribution < -0.4 is 5.73 Å². The van der Waals surface area contributed by atoms with Crippen LogP contribution >= 0.6 is 11.3 Å². The molecule has 0 amide bonds. The normalized spacial score (nSPS) is 14.1. The molecule has 2 rings (SSSR count). The average molecular weight is 335 g/mol. The van der Waals surface area contributed by atoms with Gasteiger partial charge in [0.05, 0.1) is 5.56 Å². The van der Waals surface area contributed by atoms with Crippen LogP contribution in [-0.2, 0) is 16.0 Å². The molecule has 8 heteroatoms. The highest BCUT2D eigenvalue weighted by Gasteiger charge is 2.38. The minimum absolute atomic E-state index is 0.00919. The van der Waals surface area contributed by atoms with Gasteiger partial charge in [0.2, 0.25) is 0 Å². The third-order valence-electron chi connectivity index (χ3n) is 2.98. The summed E-state index contributed by atoms with van der Waals surface area (Å²) < 4.78 is 64.1. The van der Waals surface area contributed by atoms with Gasteiger partial charge >= 0.3 is 6.18 Å². The SMILES string of the molecule is NC[C@H](c1ccccc1C(F)(F)F)S(=O)(=O)c1cccs1. The number of nitrogens with two attached hydrogens (primary N) is 1. The molecule has 0 bridgehead atoms. The molecule has 0 aliphatic rings. The van der Waals surface area contributed by atoms with Crippen molar-refractivity contribution in [3.8, 4) is 0 Å². The molecule has 3 nitrogen and oxygen atoms in total. The largest absolute Gasteiger partial charge is 0.416 e. The summed E-state index contributed by atoms with van der Waals surface area (Å²) in [7, 11) is -3.95. The lowest BCUT2D eigenvalue weighted by Gasteiger charge is -2.20. The summed E-state index contributed by atoms with van der Waals surface area (Å²) in [5, 5.41) is 0.129. The van der Waals surface area contributed by atoms with Crippen molar-refractivity contribution in [1.82, 2.24) is 0 Å². The van der Waals surface area contributed by atoms with Crippen LogP contribution in [0.25, 0.3) is 0 Å². The van der Waals surface area contributed by atoms with Crippen molar-refractivity contribution >= 4 is 21.2 Å². The third kappa shape index (κ3) is 3.12. The minimum Gasteiger partial charge on any atom is -0.329 e. The van der Waals surface area contributed by atoms with E-state index in [1.54, 1.807) is 5.38 Å². The van der Waals surface area contributed by atoms with Gasteiger partial charge in [-0.25, -0.2) is 8.42 Å². The summed E-state index contributed by atoms with van der Waals surface area (Å²) in [5.41, 5.74) is 4.18. The Kier molecular flexibility index (Phi) is 4.40. The highest BCUT2D eigenvalue weighted by Crippen LogP contribution is 2.39. The predicted molar refractivity (Wildman–Crippen MR) is 74.7 cm³/mol. The van der Waals surface area contributed by atoms with Crippen LogP contribution in [0.5, 0.6) is 0 Å². The number of sulfone groups is 1. The Labute approximate surface area is 124 Å². The van der Waals surface area contributed by atoms with E-state index in [1.165, 1.54) is 24.3 Å². The van der Waals surface area contributed by atoms with Crippen LogP contribution in [-0.4, -0.2) is 15.0 Å². The number of thiophene rings is 1. The first-order valence-electron chi connectivity index (χ1n) is 5.92. The van der Waals surface area contributed by atoms with Crippen molar-refractivity contribution in [3.63, 3.8) is 0 Å². The van der Waals surface area contributed by atoms with E-state index >= 15 is 0 Å². The van der Waals surface area contributed by atoms with Crippen LogP contribution in [0, 0.1) is 0 Å². The van der Waals surface area contributed by atoms with E-state index in [4.69, 9.17) is 5.73 Å². The van der Waals surface area contributed by atoms with E-state index in [2.05, 4.69) is 0 Å². The Morgan fingerprint density at radius 2 is 1.81 bits per heavy atom. The van der Waals surface area contributed by atoms with Gasteiger partial charge in [0.1, 0.15) is 9.46 Å². The van der Waals surface area contributed by atoms with Gasteiger partial charge in [-0.15, -0.1) is 11.3 Å². The highest BCUT2D eigenvalue weighted by molar-refractivity contribution is 7.93. The monoisotopic (exact) mass is 335 g/mol. The Bertz CT molecular complexity index is 709. The molecule has 0 aliphatic carbocycles. The molecule has 0 radical (unpaired) electrons. The van der Waals surface area contributed by atoms with Gasteiger partial charge in [-0.05, 0) is 23.1 Å². The Morgan fingerprint density at radius 1 is 1.14 bits per heavy atom. The molecular formula is C13H12F3NO2S2. The molecule has 0 saturated heterocycles. The van der Waals surface area contributed by atoms with Gasteiger partial charge in [-0.1, -0.05) is 24.3 Å². The molecule has 2 aromatic rings. The summed E-state index contributed by atoms with van der Waals surface area (Å²) in [6.45, 7) is -0.423. The van der Waals surface area contributed by atoms with E-state index in [-0.39, 0.29) is 9.77 Å². The topological polar surface area (TPSA) is 60.2 Å². The van der Waals surface area contributed by atoms with Crippen molar-refractivity contribution in [2.75, 3.05) is 6.54 Å². The predicted octanol–water partition coefficient (Wildman–Crippen LogP) is 3.24. The quantitative estimate of drug-likeness (QED) is 0.933. The summed E-state index contributed by atoms with van der Waals surface area (Å²) in [6, 6.07) is 7.50. The van der Waals surface area contributed by atoms with Gasteiger partial charge in [-0.2, -0.15) is 13.2 Å². The van der Waals surface area contributed by atoms with Crippen molar-refractivity contribution in [1.29, 1.82) is 0 Å². The fourth-order valence-corrected chi connectivity index (χ4v) is 4.86. The Hall–Kier alpha value is -1.38. The Balaban J connectivity index is 2.59. The van der Waals surface area contributed by atoms with Crippen molar-refractivity contribution in [3.05, 3.63) is 52.9 Å². The lowest BCUT2D eigenvalue weighted by molar-refractivity contribution is -0.138. The van der Waals surface area contributed by atoms with E-state index < -0.39 is 33.4 Å². The smallest absolute Gasteiger partial charge is 0.329 e. The van der Waals surface area contributed by atoms with Crippen LogP contribution in [0.3, 0.4) is 0 Å². The summed E-state index contributed by atoms with van der Waals surface area (Å²) in [5.74, 6) is 0. The number of alkyl halides is 3. The first kappa shape index (κ1) is 16.0. The number of rotatable bonds is 4. The molecule has 0 fully saturated rings. The molecule has 1 heterocycles. The summed E-state index contributed by atoms with van der Waals surface area (Å²) >= 11 is 0.957. The average Bonchev–Trinajstić information content (AvgIpc) is 2.93. The molecule has 0 aliphatic heterocycles. The maximum absolute atomic E-state index is 13.0. The van der Waals surface area contributed by atoms with E-state index in [1.807, 2.05) is 0 Å². The minimum atomic E-state index is -4.63. The van der Waals surface area contributed by atoms with Gasteiger partial charge in [0.15, 0.2) is 9.84 Å². The maximum atomic E-state index is 13.0. The first-order chi connectivity index (χ1) is 9.78. The van der Waals surface area contributed by atoms with Crippen molar-refractivity contribution < 1.29 is 21.6 Å². The molecule has 0 saturated carbocycles. The second-order valence-corrected chi connectivity index (χ2v) is 7.59. The zero-order valence-electron chi connectivity index (χ0n) is 10.7. The first-order valence-corrected chi connectivity index (χ1v) is 8.34. The van der Waals surface area contributed by atoms with Crippen LogP contribution in [0.2, 0.25) is 0 Å². The number of halogens is 3. The lowest BCUT2D eigenvalue weighted by atomic mass is 10.0. The fraction of sp³-hybridized carbons (Fsp3) is 0.231. The molecular weight excluding hydrogens is 323 g/mol. The second-order valence-electron chi connectivity index (χ2n) is 4.29. The van der Waals surface area contributed by atoms with E-state index in [0.29, 0.717) is 0 Å². The fourth-order valence-electron chi connectivity index (χ4n) is 2.02. The van der Waals surface area contributed by atoms with Crippen molar-refractivity contribution in [2.45, 2.75) is 15.6 Å². The summed E-state index contributed by atoms with van der Waals surface area (Å²) in [6.07, 6.45) is -4.63. The van der Waals surface area contributed by atoms with E-state index in [9.17, 15) is 21.6 Å². The number of benzene rings is 1. The van der Waals surface area contributed by atoms with Crippen LogP contribution in [0.1, 0.15) is 16.4 Å². The standard InChI is InChI=1S/C13H12F3NO2S2/c14-13(15,16)10-5-2-1-4-9(10)11(8-17)21(18,19)12-6-3-7-20-12/h1-7,11H,8,17H2/t11-/m1/s1. The molecule has 1 atom stereocenters. The van der Waals surface area contributed by atoms with Gasteiger partial charge in [0.25, 0.3) is 0 Å². The molecule has 2 N–H and O–H groups in total. The van der Waals surface area contributed by atoms with Gasteiger partial charge in [0, 0.05) is 6.54 Å². The van der Waals surface area contributed by atoms with Crippen molar-refractivity contribution in [2.24, 2.45) is 5.73 Å². The van der Waals surface area contributed by atoms with Gasteiger partial charge < -0.3 is 5.73 Å². The summed E-state index contributed by atoms with van der Waals surface area (Å²) in [4.78, 5) is 0. The third-order valence-corrected chi connectivity index (χ3v) is 6.52. The molecule has 114 valence electrons. The maximum Gasteiger partial charge on any atom is 0.416 e. The second kappa shape index (κ2) is 5.78. The molecule has 0 spiro atoms.